The van der Waals surface area contributed by atoms with Crippen molar-refractivity contribution in [3.05, 3.63) is 72.7 Å². The maximum absolute atomic E-state index is 13.6. The molecule has 1 aromatic heterocycles. The van der Waals surface area contributed by atoms with Crippen molar-refractivity contribution >= 4 is 105 Å². The normalized spacial score (nSPS) is 12.6. The number of benzene rings is 4. The summed E-state index contributed by atoms with van der Waals surface area (Å²) in [5.74, 6) is -3.07. The largest absolute Gasteiger partial charge is 0.505 e. The van der Waals surface area contributed by atoms with E-state index in [1.165, 1.54) is 18.2 Å². The third-order valence-corrected chi connectivity index (χ3v) is 11.7. The number of nitrogen functional groups attached to an aromatic ring is 1. The Balaban J connectivity index is 1.57. The van der Waals surface area contributed by atoms with Gasteiger partial charge in [-0.25, -0.2) is 18.9 Å². The second kappa shape index (κ2) is 18.8. The maximum atomic E-state index is 13.6. The summed E-state index contributed by atoms with van der Waals surface area (Å²) in [7, 11) is -14.4. The Kier molecular flexibility index (Phi) is 14.4. The van der Waals surface area contributed by atoms with E-state index in [2.05, 4.69) is 54.5 Å². The van der Waals surface area contributed by atoms with E-state index >= 15 is 0 Å². The summed E-state index contributed by atoms with van der Waals surface area (Å²) in [5.41, 5.74) is 4.07. The molecule has 0 atom stereocenters. The van der Waals surface area contributed by atoms with Gasteiger partial charge in [-0.3, -0.25) is 13.3 Å². The van der Waals surface area contributed by atoms with Crippen LogP contribution in [0.3, 0.4) is 0 Å². The molecule has 31 heteroatoms. The summed E-state index contributed by atoms with van der Waals surface area (Å²) in [4.78, 5) is 3.57. The zero-order valence-corrected chi connectivity index (χ0v) is 32.6. The Hall–Kier alpha value is -5.13. The van der Waals surface area contributed by atoms with Crippen molar-refractivity contribution < 1.29 is 81.7 Å². The standard InChI is InChI=1S/C28H22F2N8O16S5/c29-23-12-24(34-28(30)33-23)32-13-1-6-21(58(44,45)46)19(9-13)36-37-25-16-11-20(55-53-51-40)26(27(39)15(16)3-4-17(25)31)38-35-18-5-2-14(10-22(18)59(47,48)49)57(42,43)8-7-50-56-54-52-41/h1-6,9-12,39-41H,7-8,31H2,(H,32,33,34)(H,44,45,46)(H,47,48,49). The quantitative estimate of drug-likeness (QED) is 0.00570. The number of hydrogen-bond donors (Lipinski definition) is 7. The number of phenols is 1. The van der Waals surface area contributed by atoms with Crippen LogP contribution < -0.4 is 11.1 Å². The van der Waals surface area contributed by atoms with Crippen molar-refractivity contribution in [2.45, 2.75) is 19.6 Å². The van der Waals surface area contributed by atoms with Gasteiger partial charge in [-0.2, -0.15) is 35.6 Å². The number of fused-ring (bicyclic) bond motifs is 1. The van der Waals surface area contributed by atoms with Crippen LogP contribution in [0.5, 0.6) is 5.75 Å². The highest BCUT2D eigenvalue weighted by Crippen LogP contribution is 2.48. The average Bonchev–Trinajstić information content (AvgIpc) is 3.15. The Bertz CT molecular complexity index is 2790. The zero-order chi connectivity index (χ0) is 43.1. The lowest BCUT2D eigenvalue weighted by Gasteiger charge is -2.12. The number of rotatable bonds is 18. The van der Waals surface area contributed by atoms with E-state index in [1.54, 1.807) is 0 Å². The summed E-state index contributed by atoms with van der Waals surface area (Å²) in [6, 6.07) is 9.76. The fraction of sp³-hybridized carbons (Fsp3) is 0.0714. The van der Waals surface area contributed by atoms with Crippen LogP contribution in [0.2, 0.25) is 0 Å². The van der Waals surface area contributed by atoms with Gasteiger partial charge in [-0.05, 0) is 54.6 Å². The highest BCUT2D eigenvalue weighted by atomic mass is 32.2. The molecule has 0 unspecified atom stereocenters. The third kappa shape index (κ3) is 11.3. The molecule has 5 rings (SSSR count). The van der Waals surface area contributed by atoms with Crippen LogP contribution in [0.25, 0.3) is 10.8 Å². The van der Waals surface area contributed by atoms with E-state index < -0.39 is 92.0 Å². The Labute approximate surface area is 337 Å². The lowest BCUT2D eigenvalue weighted by Crippen LogP contribution is -2.12. The first-order valence-electron chi connectivity index (χ1n) is 15.1. The van der Waals surface area contributed by atoms with Gasteiger partial charge < -0.3 is 16.2 Å². The maximum Gasteiger partial charge on any atom is 0.313 e. The number of anilines is 3. The Morgan fingerprint density at radius 2 is 1.46 bits per heavy atom. The molecule has 4 aromatic carbocycles. The second-order valence-electron chi connectivity index (χ2n) is 10.9. The number of nitrogens with one attached hydrogen (secondary N) is 1. The molecule has 59 heavy (non-hydrogen) atoms. The molecule has 0 radical (unpaired) electrons. The minimum absolute atomic E-state index is 0.0406. The van der Waals surface area contributed by atoms with Crippen molar-refractivity contribution in [1.82, 2.24) is 9.97 Å². The number of halogens is 2. The molecule has 0 amide bonds. The van der Waals surface area contributed by atoms with Crippen LogP contribution in [0.4, 0.5) is 48.7 Å². The summed E-state index contributed by atoms with van der Waals surface area (Å²) in [6.45, 7) is -0.525. The molecule has 0 spiro atoms. The number of nitrogens with zero attached hydrogens (tertiary/aromatic N) is 6. The minimum Gasteiger partial charge on any atom is -0.505 e. The van der Waals surface area contributed by atoms with E-state index in [0.29, 0.717) is 6.07 Å². The molecule has 314 valence electrons. The number of hydrogen-bond acceptors (Lipinski definition) is 24. The van der Waals surface area contributed by atoms with Gasteiger partial charge in [0.1, 0.15) is 38.4 Å². The number of azo groups is 2. The van der Waals surface area contributed by atoms with Gasteiger partial charge in [0.2, 0.25) is 5.95 Å². The minimum atomic E-state index is -5.19. The van der Waals surface area contributed by atoms with Crippen LogP contribution in [-0.4, -0.2) is 72.3 Å². The van der Waals surface area contributed by atoms with Gasteiger partial charge in [0.15, 0.2) is 27.9 Å². The lowest BCUT2D eigenvalue weighted by molar-refractivity contribution is -0.434. The van der Waals surface area contributed by atoms with Gasteiger partial charge in [0.25, 0.3) is 20.2 Å². The van der Waals surface area contributed by atoms with Gasteiger partial charge in [0, 0.05) is 22.5 Å². The van der Waals surface area contributed by atoms with Crippen molar-refractivity contribution in [2.24, 2.45) is 20.5 Å². The molecule has 1 heterocycles. The van der Waals surface area contributed by atoms with E-state index in [1.807, 2.05) is 0 Å². The third-order valence-electron chi connectivity index (χ3n) is 7.19. The molecule has 0 aliphatic carbocycles. The lowest BCUT2D eigenvalue weighted by atomic mass is 10.1. The molecule has 24 nitrogen and oxygen atoms in total. The first-order chi connectivity index (χ1) is 27.8. The van der Waals surface area contributed by atoms with Gasteiger partial charge in [0.05, 0.1) is 39.9 Å². The Morgan fingerprint density at radius 1 is 0.763 bits per heavy atom. The highest BCUT2D eigenvalue weighted by molar-refractivity contribution is 7.94. The number of phenolic OH excluding ortho intramolecular Hbond substituents is 1. The zero-order valence-electron chi connectivity index (χ0n) is 28.5. The number of aromatic nitrogens is 2. The molecular weight excluding hydrogens is 903 g/mol. The van der Waals surface area contributed by atoms with Crippen LogP contribution in [0.1, 0.15) is 0 Å². The first kappa shape index (κ1) is 45.0. The van der Waals surface area contributed by atoms with Crippen LogP contribution in [-0.2, 0) is 53.0 Å². The molecule has 0 saturated carbocycles. The summed E-state index contributed by atoms with van der Waals surface area (Å²) < 4.78 is 135. The van der Waals surface area contributed by atoms with Crippen molar-refractivity contribution in [3.8, 4) is 5.75 Å². The van der Waals surface area contributed by atoms with Crippen LogP contribution in [0.15, 0.2) is 101 Å². The van der Waals surface area contributed by atoms with Crippen molar-refractivity contribution in [2.75, 3.05) is 23.4 Å². The second-order valence-corrected chi connectivity index (χ2v) is 17.0. The molecule has 0 aliphatic rings. The van der Waals surface area contributed by atoms with Gasteiger partial charge >= 0.3 is 6.08 Å². The predicted molar refractivity (Wildman–Crippen MR) is 197 cm³/mol. The molecule has 0 bridgehead atoms. The molecule has 0 aliphatic heterocycles. The molecular formula is C28H22F2N8O16S5. The summed E-state index contributed by atoms with van der Waals surface area (Å²) in [5, 5.41) is 53.2. The van der Waals surface area contributed by atoms with Gasteiger partial charge in [-0.1, -0.05) is 10.1 Å². The summed E-state index contributed by atoms with van der Waals surface area (Å²) >= 11 is 0.300. The topological polar surface area (TPSA) is 363 Å². The van der Waals surface area contributed by atoms with Crippen molar-refractivity contribution in [3.63, 3.8) is 0 Å². The van der Waals surface area contributed by atoms with E-state index in [4.69, 9.17) is 20.4 Å². The fourth-order valence-electron chi connectivity index (χ4n) is 4.75. The smallest absolute Gasteiger partial charge is 0.313 e. The summed E-state index contributed by atoms with van der Waals surface area (Å²) in [6.07, 6.45) is -1.41. The fourth-order valence-corrected chi connectivity index (χ4v) is 8.00. The van der Waals surface area contributed by atoms with Crippen LogP contribution in [0, 0.1) is 12.0 Å². The van der Waals surface area contributed by atoms with E-state index in [-0.39, 0.29) is 62.9 Å². The highest BCUT2D eigenvalue weighted by Gasteiger charge is 2.24. The molecule has 0 fully saturated rings. The first-order valence-corrected chi connectivity index (χ1v) is 21.0. The average molecular weight is 925 g/mol. The predicted octanol–water partition coefficient (Wildman–Crippen LogP) is 6.47. The monoisotopic (exact) mass is 924 g/mol. The van der Waals surface area contributed by atoms with Gasteiger partial charge in [-0.15, -0.1) is 29.1 Å². The van der Waals surface area contributed by atoms with Crippen LogP contribution >= 0.6 is 24.4 Å². The number of aromatic hydroxyl groups is 1. The van der Waals surface area contributed by atoms with E-state index in [9.17, 15) is 48.2 Å². The molecule has 8 N–H and O–H groups in total. The SMILES string of the molecule is Nc1ccc2c(O)c(N=Nc3ccc(S(=O)(=O)CCOSOOO)cc3S(=O)(=O)O)c(SOOO)cc2c1N=Nc1cc(Nc2cc(F)nc(F)n2)ccc1S(=O)(=O)O. The molecule has 0 saturated heterocycles. The Morgan fingerprint density at radius 3 is 2.14 bits per heavy atom. The number of sulfone groups is 1. The van der Waals surface area contributed by atoms with E-state index in [0.717, 1.165) is 36.4 Å². The van der Waals surface area contributed by atoms with Crippen molar-refractivity contribution in [1.29, 1.82) is 0 Å². The molecule has 5 aromatic rings. The number of nitrogens with two attached hydrogens (primary N) is 1.